The number of amides is 3. The maximum absolute atomic E-state index is 12.7. The van der Waals surface area contributed by atoms with Gasteiger partial charge in [0.1, 0.15) is 11.5 Å². The molecule has 0 unspecified atom stereocenters. The van der Waals surface area contributed by atoms with Crippen LogP contribution in [-0.4, -0.2) is 37.3 Å². The number of rotatable bonds is 5. The number of allylic oxidation sites excluding steroid dienone is 2. The van der Waals surface area contributed by atoms with Crippen LogP contribution in [-0.2, 0) is 19.2 Å². The molecular formula is C26H24N2O6. The van der Waals surface area contributed by atoms with Gasteiger partial charge in [0.2, 0.25) is 17.7 Å². The van der Waals surface area contributed by atoms with Crippen LogP contribution in [0.4, 0.5) is 11.4 Å². The predicted octanol–water partition coefficient (Wildman–Crippen LogP) is 3.11. The highest BCUT2D eigenvalue weighted by Gasteiger charge is 2.47. The van der Waals surface area contributed by atoms with Gasteiger partial charge in [-0.3, -0.25) is 24.1 Å². The molecule has 3 aliphatic rings. The van der Waals surface area contributed by atoms with E-state index in [0.29, 0.717) is 35.7 Å². The molecular weight excluding hydrogens is 436 g/mol. The van der Waals surface area contributed by atoms with E-state index in [1.54, 1.807) is 60.5 Å². The summed E-state index contributed by atoms with van der Waals surface area (Å²) >= 11 is 0. The molecule has 2 aromatic rings. The quantitative estimate of drug-likeness (QED) is 0.295. The zero-order chi connectivity index (χ0) is 23.8. The molecule has 2 fully saturated rings. The van der Waals surface area contributed by atoms with E-state index in [1.165, 1.54) is 4.90 Å². The molecule has 1 aliphatic carbocycles. The number of methoxy groups -OCH3 is 1. The maximum Gasteiger partial charge on any atom is 0.316 e. The molecule has 2 heterocycles. The highest BCUT2D eigenvalue weighted by molar-refractivity contribution is 6.22. The Morgan fingerprint density at radius 2 is 1.56 bits per heavy atom. The summed E-state index contributed by atoms with van der Waals surface area (Å²) < 4.78 is 10.7. The molecule has 2 aliphatic heterocycles. The Hall–Kier alpha value is -3.94. The fourth-order valence-corrected chi connectivity index (χ4v) is 4.81. The second-order valence-electron chi connectivity index (χ2n) is 8.69. The first-order valence-corrected chi connectivity index (χ1v) is 11.2. The van der Waals surface area contributed by atoms with Crippen LogP contribution in [0.15, 0.2) is 60.7 Å². The Kier molecular flexibility index (Phi) is 5.65. The topological polar surface area (TPSA) is 93.2 Å². The van der Waals surface area contributed by atoms with Gasteiger partial charge in [0.05, 0.1) is 30.6 Å². The minimum atomic E-state index is -0.601. The molecule has 2 aromatic carbocycles. The van der Waals surface area contributed by atoms with E-state index in [-0.39, 0.29) is 42.5 Å². The lowest BCUT2D eigenvalue weighted by molar-refractivity contribution is -0.139. The van der Waals surface area contributed by atoms with Crippen LogP contribution in [0, 0.1) is 17.8 Å². The number of hydrogen-bond donors (Lipinski definition) is 0. The summed E-state index contributed by atoms with van der Waals surface area (Å²) in [7, 11) is 1.55. The largest absolute Gasteiger partial charge is 0.497 e. The lowest BCUT2D eigenvalue weighted by atomic mass is 9.85. The van der Waals surface area contributed by atoms with Crippen molar-refractivity contribution in [2.45, 2.75) is 19.3 Å². The first-order chi connectivity index (χ1) is 16.5. The van der Waals surface area contributed by atoms with E-state index < -0.39 is 11.9 Å². The molecule has 8 heteroatoms. The maximum atomic E-state index is 12.7. The highest BCUT2D eigenvalue weighted by Crippen LogP contribution is 2.38. The van der Waals surface area contributed by atoms with Crippen molar-refractivity contribution in [2.24, 2.45) is 17.8 Å². The molecule has 0 aromatic heterocycles. The molecule has 8 nitrogen and oxygen atoms in total. The Bertz CT molecular complexity index is 1160. The van der Waals surface area contributed by atoms with Gasteiger partial charge in [0.15, 0.2) is 0 Å². The van der Waals surface area contributed by atoms with Crippen LogP contribution in [0.25, 0.3) is 0 Å². The number of imide groups is 1. The van der Waals surface area contributed by atoms with Crippen LogP contribution >= 0.6 is 0 Å². The third kappa shape index (κ3) is 3.85. The second kappa shape index (κ2) is 8.78. The molecule has 0 N–H and O–H groups in total. The molecule has 3 amide bonds. The summed E-state index contributed by atoms with van der Waals surface area (Å²) in [5.74, 6) is -1.33. The van der Waals surface area contributed by atoms with Crippen molar-refractivity contribution in [1.82, 2.24) is 0 Å². The standard InChI is InChI=1S/C26H24N2O6/c1-33-20-6-4-5-18(14-20)27-15-16(13-23(27)29)26(32)34-19-11-9-17(10-12-19)28-24(30)21-7-2-3-8-22(21)25(28)31/h2-6,9-12,14,16,21-22H,7-8,13,15H2,1H3/t16-,21-,22-/m1/s1. The molecule has 174 valence electrons. The summed E-state index contributed by atoms with van der Waals surface area (Å²) in [6.45, 7) is 0.219. The number of carbonyl (C=O) groups excluding carboxylic acids is 4. The molecule has 5 rings (SSSR count). The van der Waals surface area contributed by atoms with Crippen LogP contribution in [0.5, 0.6) is 11.5 Å². The monoisotopic (exact) mass is 460 g/mol. The van der Waals surface area contributed by atoms with E-state index in [9.17, 15) is 19.2 Å². The Morgan fingerprint density at radius 3 is 2.21 bits per heavy atom. The Labute approximate surface area is 196 Å². The van der Waals surface area contributed by atoms with Crippen molar-refractivity contribution in [3.8, 4) is 11.5 Å². The van der Waals surface area contributed by atoms with Gasteiger partial charge in [0, 0.05) is 24.7 Å². The summed E-state index contributed by atoms with van der Waals surface area (Å²) in [5, 5.41) is 0. The smallest absolute Gasteiger partial charge is 0.316 e. The molecule has 0 saturated carbocycles. The number of hydrogen-bond acceptors (Lipinski definition) is 6. The van der Waals surface area contributed by atoms with E-state index in [2.05, 4.69) is 0 Å². The van der Waals surface area contributed by atoms with Gasteiger partial charge in [-0.25, -0.2) is 0 Å². The fourth-order valence-electron chi connectivity index (χ4n) is 4.81. The summed E-state index contributed by atoms with van der Waals surface area (Å²) in [5.41, 5.74) is 1.13. The number of nitrogens with zero attached hydrogens (tertiary/aromatic N) is 2. The minimum absolute atomic E-state index is 0.0573. The van der Waals surface area contributed by atoms with Crippen LogP contribution < -0.4 is 19.3 Å². The SMILES string of the molecule is COc1cccc(N2C[C@H](C(=O)Oc3ccc(N4C(=O)[C@@H]5CC=CC[C@H]5C4=O)cc3)CC2=O)c1. The van der Waals surface area contributed by atoms with Crippen molar-refractivity contribution < 1.29 is 28.7 Å². The Balaban J connectivity index is 1.24. The van der Waals surface area contributed by atoms with Gasteiger partial charge < -0.3 is 14.4 Å². The van der Waals surface area contributed by atoms with Gasteiger partial charge in [-0.05, 0) is 49.2 Å². The molecule has 2 saturated heterocycles. The number of esters is 1. The minimum Gasteiger partial charge on any atom is -0.497 e. The normalized spacial score (nSPS) is 23.9. The first-order valence-electron chi connectivity index (χ1n) is 11.2. The van der Waals surface area contributed by atoms with Gasteiger partial charge in [-0.2, -0.15) is 0 Å². The van der Waals surface area contributed by atoms with Crippen LogP contribution in [0.1, 0.15) is 19.3 Å². The number of carbonyl (C=O) groups is 4. The van der Waals surface area contributed by atoms with Crippen molar-refractivity contribution in [3.63, 3.8) is 0 Å². The summed E-state index contributed by atoms with van der Waals surface area (Å²) in [6.07, 6.45) is 5.10. The van der Waals surface area contributed by atoms with Crippen molar-refractivity contribution in [3.05, 3.63) is 60.7 Å². The molecule has 0 bridgehead atoms. The lowest BCUT2D eigenvalue weighted by Crippen LogP contribution is -2.30. The second-order valence-corrected chi connectivity index (χ2v) is 8.69. The summed E-state index contributed by atoms with van der Waals surface area (Å²) in [4.78, 5) is 53.5. The summed E-state index contributed by atoms with van der Waals surface area (Å²) in [6, 6.07) is 13.4. The molecule has 0 spiro atoms. The van der Waals surface area contributed by atoms with Crippen molar-refractivity contribution in [2.75, 3.05) is 23.5 Å². The van der Waals surface area contributed by atoms with Gasteiger partial charge in [-0.15, -0.1) is 0 Å². The van der Waals surface area contributed by atoms with E-state index in [0.717, 1.165) is 0 Å². The first kappa shape index (κ1) is 21.9. The molecule has 3 atom stereocenters. The molecule has 34 heavy (non-hydrogen) atoms. The average molecular weight is 460 g/mol. The average Bonchev–Trinajstić information content (AvgIpc) is 3.37. The Morgan fingerprint density at radius 1 is 0.882 bits per heavy atom. The van der Waals surface area contributed by atoms with Gasteiger partial charge in [-0.1, -0.05) is 18.2 Å². The third-order valence-corrected chi connectivity index (χ3v) is 6.64. The highest BCUT2D eigenvalue weighted by atomic mass is 16.5. The van der Waals surface area contributed by atoms with Crippen molar-refractivity contribution in [1.29, 1.82) is 0 Å². The van der Waals surface area contributed by atoms with E-state index >= 15 is 0 Å². The predicted molar refractivity (Wildman–Crippen MR) is 123 cm³/mol. The van der Waals surface area contributed by atoms with Crippen LogP contribution in [0.2, 0.25) is 0 Å². The molecule has 0 radical (unpaired) electrons. The van der Waals surface area contributed by atoms with Crippen LogP contribution in [0.3, 0.4) is 0 Å². The van der Waals surface area contributed by atoms with Gasteiger partial charge in [0.25, 0.3) is 0 Å². The van der Waals surface area contributed by atoms with E-state index in [4.69, 9.17) is 9.47 Å². The number of anilines is 2. The zero-order valence-corrected chi connectivity index (χ0v) is 18.7. The lowest BCUT2D eigenvalue weighted by Gasteiger charge is -2.17. The number of benzene rings is 2. The third-order valence-electron chi connectivity index (χ3n) is 6.64. The van der Waals surface area contributed by atoms with E-state index in [1.807, 2.05) is 12.2 Å². The van der Waals surface area contributed by atoms with Crippen molar-refractivity contribution >= 4 is 35.1 Å². The zero-order valence-electron chi connectivity index (χ0n) is 18.7. The fraction of sp³-hybridized carbons (Fsp3) is 0.308. The van der Waals surface area contributed by atoms with Gasteiger partial charge >= 0.3 is 5.97 Å². The number of fused-ring (bicyclic) bond motifs is 1. The number of ether oxygens (including phenoxy) is 2.